The van der Waals surface area contributed by atoms with E-state index in [1.807, 2.05) is 80.6 Å². The van der Waals surface area contributed by atoms with Gasteiger partial charge in [0.15, 0.2) is 0 Å². The fourth-order valence-electron chi connectivity index (χ4n) is 3.79. The minimum Gasteiger partial charge on any atom is -0.488 e. The number of anilines is 1. The van der Waals surface area contributed by atoms with Crippen LogP contribution < -0.4 is 10.1 Å². The summed E-state index contributed by atoms with van der Waals surface area (Å²) in [4.78, 5) is 12.9. The van der Waals surface area contributed by atoms with Gasteiger partial charge in [-0.15, -0.1) is 0 Å². The van der Waals surface area contributed by atoms with Crippen molar-refractivity contribution in [2.75, 3.05) is 5.32 Å². The van der Waals surface area contributed by atoms with Gasteiger partial charge in [-0.1, -0.05) is 76.1 Å². The summed E-state index contributed by atoms with van der Waals surface area (Å²) >= 11 is 3.48. The SMILES string of the molecule is Cc1ccc(NC(=O)/C(C#N)=C/c2cc(Br)ccc2OCc2cccc3ccccc23)c(C)c1. The molecule has 4 nitrogen and oxygen atoms in total. The second-order valence-corrected chi connectivity index (χ2v) is 8.97. The van der Waals surface area contributed by atoms with Gasteiger partial charge in [0.25, 0.3) is 5.91 Å². The maximum atomic E-state index is 12.9. The van der Waals surface area contributed by atoms with Gasteiger partial charge in [0.1, 0.15) is 24.0 Å². The van der Waals surface area contributed by atoms with Gasteiger partial charge in [0, 0.05) is 15.7 Å². The summed E-state index contributed by atoms with van der Waals surface area (Å²) in [5, 5.41) is 14.8. The Morgan fingerprint density at radius 2 is 1.82 bits per heavy atom. The molecule has 0 aliphatic heterocycles. The van der Waals surface area contributed by atoms with Crippen molar-refractivity contribution in [1.82, 2.24) is 0 Å². The number of halogens is 1. The Morgan fingerprint density at radius 3 is 2.62 bits per heavy atom. The lowest BCUT2D eigenvalue weighted by Gasteiger charge is -2.12. The molecule has 4 aromatic carbocycles. The van der Waals surface area contributed by atoms with Crippen LogP contribution in [0.5, 0.6) is 5.75 Å². The summed E-state index contributed by atoms with van der Waals surface area (Å²) < 4.78 is 6.98. The summed E-state index contributed by atoms with van der Waals surface area (Å²) in [5.41, 5.74) is 4.42. The van der Waals surface area contributed by atoms with Gasteiger partial charge in [-0.3, -0.25) is 4.79 Å². The molecule has 1 amide bonds. The van der Waals surface area contributed by atoms with Gasteiger partial charge < -0.3 is 10.1 Å². The predicted molar refractivity (Wildman–Crippen MR) is 141 cm³/mol. The third-order valence-corrected chi connectivity index (χ3v) is 6.02. The summed E-state index contributed by atoms with van der Waals surface area (Å²) in [6.07, 6.45) is 1.56. The van der Waals surface area contributed by atoms with Crippen LogP contribution in [0.1, 0.15) is 22.3 Å². The van der Waals surface area contributed by atoms with Crippen LogP contribution in [0.2, 0.25) is 0 Å². The molecule has 0 aliphatic rings. The van der Waals surface area contributed by atoms with Gasteiger partial charge in [-0.25, -0.2) is 0 Å². The largest absolute Gasteiger partial charge is 0.488 e. The van der Waals surface area contributed by atoms with E-state index in [9.17, 15) is 10.1 Å². The molecule has 4 rings (SSSR count). The second-order valence-electron chi connectivity index (χ2n) is 8.05. The Kier molecular flexibility index (Phi) is 7.10. The second kappa shape index (κ2) is 10.4. The zero-order valence-corrected chi connectivity index (χ0v) is 20.5. The van der Waals surface area contributed by atoms with E-state index in [1.54, 1.807) is 6.08 Å². The average molecular weight is 511 g/mol. The zero-order chi connectivity index (χ0) is 24.1. The number of amides is 1. The summed E-state index contributed by atoms with van der Waals surface area (Å²) in [6.45, 7) is 4.28. The Labute approximate surface area is 207 Å². The summed E-state index contributed by atoms with van der Waals surface area (Å²) in [6, 6.07) is 27.6. The molecule has 0 spiro atoms. The molecule has 0 atom stereocenters. The number of aryl methyl sites for hydroxylation is 2. The molecule has 5 heteroatoms. The first-order chi connectivity index (χ1) is 16.4. The molecule has 168 valence electrons. The van der Waals surface area contributed by atoms with Crippen LogP contribution in [0.25, 0.3) is 16.8 Å². The smallest absolute Gasteiger partial charge is 0.266 e. The molecule has 0 radical (unpaired) electrons. The van der Waals surface area contributed by atoms with Gasteiger partial charge >= 0.3 is 0 Å². The van der Waals surface area contributed by atoms with Gasteiger partial charge in [0.05, 0.1) is 0 Å². The molecule has 0 bridgehead atoms. The summed E-state index contributed by atoms with van der Waals surface area (Å²) in [7, 11) is 0. The first-order valence-electron chi connectivity index (χ1n) is 10.8. The number of nitrogens with one attached hydrogen (secondary N) is 1. The monoisotopic (exact) mass is 510 g/mol. The number of nitrogens with zero attached hydrogens (tertiary/aromatic N) is 1. The highest BCUT2D eigenvalue weighted by Crippen LogP contribution is 2.28. The number of carbonyl (C=O) groups excluding carboxylic acids is 1. The van der Waals surface area contributed by atoms with E-state index in [-0.39, 0.29) is 5.57 Å². The Bertz CT molecular complexity index is 1450. The molecule has 34 heavy (non-hydrogen) atoms. The molecular formula is C29H23BrN2O2. The van der Waals surface area contributed by atoms with E-state index in [0.717, 1.165) is 31.9 Å². The highest BCUT2D eigenvalue weighted by molar-refractivity contribution is 9.10. The lowest BCUT2D eigenvalue weighted by atomic mass is 10.1. The van der Waals surface area contributed by atoms with Crippen LogP contribution in [-0.2, 0) is 11.4 Å². The number of carbonyl (C=O) groups is 1. The number of nitriles is 1. The van der Waals surface area contributed by atoms with E-state index >= 15 is 0 Å². The van der Waals surface area contributed by atoms with E-state index in [2.05, 4.69) is 39.4 Å². The topological polar surface area (TPSA) is 62.1 Å². The van der Waals surface area contributed by atoms with Crippen LogP contribution in [0, 0.1) is 25.2 Å². The van der Waals surface area contributed by atoms with Crippen LogP contribution in [0.15, 0.2) is 88.9 Å². The molecular weight excluding hydrogens is 488 g/mol. The standard InChI is InChI=1S/C29H23BrN2O2/c1-19-10-12-27(20(2)14-19)32-29(33)24(17-31)15-23-16-25(30)11-13-28(23)34-18-22-8-5-7-21-6-3-4-9-26(21)22/h3-16H,18H2,1-2H3,(H,32,33)/b24-15+. The fourth-order valence-corrected chi connectivity index (χ4v) is 4.16. The molecule has 0 aromatic heterocycles. The number of ether oxygens (including phenoxy) is 1. The van der Waals surface area contributed by atoms with Gasteiger partial charge in [-0.2, -0.15) is 5.26 Å². The van der Waals surface area contributed by atoms with Gasteiger partial charge in [0.2, 0.25) is 0 Å². The zero-order valence-electron chi connectivity index (χ0n) is 18.9. The maximum absolute atomic E-state index is 12.9. The highest BCUT2D eigenvalue weighted by Gasteiger charge is 2.13. The molecule has 0 heterocycles. The first-order valence-corrected chi connectivity index (χ1v) is 11.6. The highest BCUT2D eigenvalue weighted by atomic mass is 79.9. The molecule has 0 aliphatic carbocycles. The quantitative estimate of drug-likeness (QED) is 0.218. The van der Waals surface area contributed by atoms with Crippen molar-refractivity contribution in [2.45, 2.75) is 20.5 Å². The number of hydrogen-bond acceptors (Lipinski definition) is 3. The Hall–Kier alpha value is -3.88. The minimum absolute atomic E-state index is 0.00640. The normalized spacial score (nSPS) is 11.2. The lowest BCUT2D eigenvalue weighted by molar-refractivity contribution is -0.112. The molecule has 0 unspecified atom stereocenters. The minimum atomic E-state index is -0.463. The van der Waals surface area contributed by atoms with Crippen LogP contribution in [0.3, 0.4) is 0 Å². The summed E-state index contributed by atoms with van der Waals surface area (Å²) in [5.74, 6) is 0.123. The van der Waals surface area contributed by atoms with Crippen molar-refractivity contribution in [2.24, 2.45) is 0 Å². The van der Waals surface area contributed by atoms with Crippen molar-refractivity contribution in [1.29, 1.82) is 5.26 Å². The number of rotatable bonds is 6. The van der Waals surface area contributed by atoms with E-state index < -0.39 is 5.91 Å². The lowest BCUT2D eigenvalue weighted by Crippen LogP contribution is -2.14. The van der Waals surface area contributed by atoms with E-state index in [1.165, 1.54) is 0 Å². The van der Waals surface area contributed by atoms with Crippen molar-refractivity contribution >= 4 is 44.4 Å². The van der Waals surface area contributed by atoms with Crippen LogP contribution in [-0.4, -0.2) is 5.91 Å². The third-order valence-electron chi connectivity index (χ3n) is 5.53. The number of fused-ring (bicyclic) bond motifs is 1. The fraction of sp³-hybridized carbons (Fsp3) is 0.103. The van der Waals surface area contributed by atoms with Crippen molar-refractivity contribution in [3.8, 4) is 11.8 Å². The maximum Gasteiger partial charge on any atom is 0.266 e. The Balaban J connectivity index is 1.60. The van der Waals surface area contributed by atoms with Crippen LogP contribution >= 0.6 is 15.9 Å². The third kappa shape index (κ3) is 5.36. The number of benzene rings is 4. The van der Waals surface area contributed by atoms with Crippen molar-refractivity contribution < 1.29 is 9.53 Å². The number of hydrogen-bond donors (Lipinski definition) is 1. The molecule has 0 saturated carbocycles. The van der Waals surface area contributed by atoms with E-state index in [4.69, 9.17) is 4.74 Å². The molecule has 4 aromatic rings. The van der Waals surface area contributed by atoms with E-state index in [0.29, 0.717) is 23.6 Å². The van der Waals surface area contributed by atoms with Crippen molar-refractivity contribution in [3.63, 3.8) is 0 Å². The Morgan fingerprint density at radius 1 is 1.03 bits per heavy atom. The molecule has 1 N–H and O–H groups in total. The van der Waals surface area contributed by atoms with Gasteiger partial charge in [-0.05, 0) is 66.1 Å². The predicted octanol–water partition coefficient (Wildman–Crippen LogP) is 7.34. The van der Waals surface area contributed by atoms with Crippen molar-refractivity contribution in [3.05, 3.63) is 111 Å². The van der Waals surface area contributed by atoms with Crippen LogP contribution in [0.4, 0.5) is 5.69 Å². The first kappa shape index (κ1) is 23.3. The molecule has 0 fully saturated rings. The average Bonchev–Trinajstić information content (AvgIpc) is 2.83. The molecule has 0 saturated heterocycles.